The monoisotopic (exact) mass is 281 g/mol. The van der Waals surface area contributed by atoms with Gasteiger partial charge in [0.2, 0.25) is 11.0 Å². The molecule has 2 heterocycles. The summed E-state index contributed by atoms with van der Waals surface area (Å²) in [6.45, 7) is 0. The van der Waals surface area contributed by atoms with E-state index < -0.39 is 0 Å². The van der Waals surface area contributed by atoms with Crippen LogP contribution in [0.2, 0.25) is 0 Å². The van der Waals surface area contributed by atoms with Gasteiger partial charge in [0.1, 0.15) is 6.20 Å². The number of nitrogens with zero attached hydrogens (tertiary/aromatic N) is 2. The Morgan fingerprint density at radius 3 is 2.27 bits per heavy atom. The highest BCUT2D eigenvalue weighted by molar-refractivity contribution is 6.11. The Balaban J connectivity index is 2.04. The van der Waals surface area contributed by atoms with Gasteiger partial charge in [-0.2, -0.15) is 0 Å². The molecule has 0 aliphatic carbocycles. The maximum Gasteiger partial charge on any atom is 0.246 e. The molecule has 2 heteroatoms. The van der Waals surface area contributed by atoms with Gasteiger partial charge in [0.25, 0.3) is 0 Å². The third kappa shape index (κ3) is 1.49. The van der Waals surface area contributed by atoms with Crippen LogP contribution in [-0.2, 0) is 0 Å². The van der Waals surface area contributed by atoms with E-state index in [1.54, 1.807) is 0 Å². The van der Waals surface area contributed by atoms with Gasteiger partial charge in [-0.05, 0) is 38.6 Å². The summed E-state index contributed by atoms with van der Waals surface area (Å²) in [5, 5.41) is 10.8. The van der Waals surface area contributed by atoms with E-state index in [0.717, 1.165) is 11.0 Å². The van der Waals surface area contributed by atoms with E-state index in [4.69, 9.17) is 5.10 Å². The third-order valence-electron chi connectivity index (χ3n) is 4.36. The molecule has 0 fully saturated rings. The highest BCUT2D eigenvalue weighted by Gasteiger charge is 2.14. The van der Waals surface area contributed by atoms with E-state index in [9.17, 15) is 0 Å². The van der Waals surface area contributed by atoms with E-state index in [0.29, 0.717) is 0 Å². The van der Waals surface area contributed by atoms with E-state index in [1.165, 1.54) is 26.9 Å². The highest BCUT2D eigenvalue weighted by atomic mass is 15.2. The molecule has 5 rings (SSSR count). The number of para-hydroxylation sites is 1. The largest absolute Gasteiger partial charge is 0.246 e. The zero-order valence-electron chi connectivity index (χ0n) is 11.9. The third-order valence-corrected chi connectivity index (χ3v) is 4.36. The van der Waals surface area contributed by atoms with E-state index in [-0.39, 0.29) is 0 Å². The van der Waals surface area contributed by atoms with Crippen molar-refractivity contribution in [3.05, 3.63) is 79.0 Å². The average Bonchev–Trinajstić information content (AvgIpc) is 2.60. The first-order chi connectivity index (χ1) is 10.9. The van der Waals surface area contributed by atoms with E-state index in [1.807, 2.05) is 10.7 Å². The Hall–Kier alpha value is -3.00. The molecule has 0 saturated carbocycles. The van der Waals surface area contributed by atoms with Gasteiger partial charge >= 0.3 is 0 Å². The molecule has 0 atom stereocenters. The molecular formula is C20H13N2+. The SMILES string of the molecule is c1ccc2c(c1)ccc1c2cn[n+]2c3ccccc3ccc12. The van der Waals surface area contributed by atoms with Gasteiger partial charge in [-0.3, -0.25) is 0 Å². The van der Waals surface area contributed by atoms with Crippen LogP contribution in [-0.4, -0.2) is 5.10 Å². The number of rotatable bonds is 0. The van der Waals surface area contributed by atoms with Crippen molar-refractivity contribution in [2.24, 2.45) is 0 Å². The molecule has 0 bridgehead atoms. The second kappa shape index (κ2) is 4.25. The summed E-state index contributed by atoms with van der Waals surface area (Å²) in [6, 6.07) is 25.5. The number of aromatic nitrogens is 2. The summed E-state index contributed by atoms with van der Waals surface area (Å²) < 4.78 is 2.03. The van der Waals surface area contributed by atoms with Gasteiger partial charge in [-0.15, -0.1) is 0 Å². The van der Waals surface area contributed by atoms with Crippen LogP contribution in [0.25, 0.3) is 38.0 Å². The summed E-state index contributed by atoms with van der Waals surface area (Å²) in [7, 11) is 0. The second-order valence-corrected chi connectivity index (χ2v) is 5.58. The zero-order chi connectivity index (χ0) is 14.5. The Morgan fingerprint density at radius 2 is 1.32 bits per heavy atom. The average molecular weight is 281 g/mol. The van der Waals surface area contributed by atoms with Crippen molar-refractivity contribution in [3.8, 4) is 0 Å². The molecule has 22 heavy (non-hydrogen) atoms. The first-order valence-electron chi connectivity index (χ1n) is 7.42. The number of fused-ring (bicyclic) bond motifs is 7. The maximum atomic E-state index is 4.70. The fraction of sp³-hybridized carbons (Fsp3) is 0. The van der Waals surface area contributed by atoms with Crippen LogP contribution in [0.1, 0.15) is 0 Å². The lowest BCUT2D eigenvalue weighted by Gasteiger charge is -2.03. The maximum absolute atomic E-state index is 4.70. The van der Waals surface area contributed by atoms with Gasteiger partial charge in [-0.25, -0.2) is 0 Å². The molecule has 5 aromatic rings. The predicted molar refractivity (Wildman–Crippen MR) is 89.9 cm³/mol. The molecular weight excluding hydrogens is 268 g/mol. The van der Waals surface area contributed by atoms with Crippen molar-refractivity contribution in [2.45, 2.75) is 0 Å². The quantitative estimate of drug-likeness (QED) is 0.306. The summed E-state index contributed by atoms with van der Waals surface area (Å²) >= 11 is 0. The van der Waals surface area contributed by atoms with Crippen LogP contribution in [0.4, 0.5) is 0 Å². The highest BCUT2D eigenvalue weighted by Crippen LogP contribution is 2.26. The fourth-order valence-corrected chi connectivity index (χ4v) is 3.29. The van der Waals surface area contributed by atoms with Crippen molar-refractivity contribution in [1.29, 1.82) is 0 Å². The minimum absolute atomic E-state index is 1.13. The molecule has 0 unspecified atom stereocenters. The van der Waals surface area contributed by atoms with Gasteiger partial charge < -0.3 is 0 Å². The van der Waals surface area contributed by atoms with Crippen LogP contribution in [0.15, 0.2) is 79.0 Å². The van der Waals surface area contributed by atoms with Crippen LogP contribution in [0.3, 0.4) is 0 Å². The zero-order valence-corrected chi connectivity index (χ0v) is 11.9. The van der Waals surface area contributed by atoms with Gasteiger partial charge in [-0.1, -0.05) is 42.5 Å². The molecule has 2 nitrogen and oxygen atoms in total. The molecule has 0 aliphatic rings. The van der Waals surface area contributed by atoms with E-state index in [2.05, 4.69) is 72.8 Å². The van der Waals surface area contributed by atoms with Gasteiger partial charge in [0.15, 0.2) is 0 Å². The molecule has 0 radical (unpaired) electrons. The molecule has 0 N–H and O–H groups in total. The first kappa shape index (κ1) is 11.6. The van der Waals surface area contributed by atoms with E-state index >= 15 is 0 Å². The lowest BCUT2D eigenvalue weighted by molar-refractivity contribution is -0.551. The summed E-state index contributed by atoms with van der Waals surface area (Å²) in [5.41, 5.74) is 2.28. The minimum Gasteiger partial charge on any atom is -0.0616 e. The summed E-state index contributed by atoms with van der Waals surface area (Å²) in [5.74, 6) is 0. The van der Waals surface area contributed by atoms with Gasteiger partial charge in [0, 0.05) is 22.9 Å². The van der Waals surface area contributed by atoms with Crippen molar-refractivity contribution in [2.75, 3.05) is 0 Å². The Labute approximate surface area is 127 Å². The van der Waals surface area contributed by atoms with Gasteiger partial charge in [0.05, 0.1) is 5.39 Å². The fourth-order valence-electron chi connectivity index (χ4n) is 3.29. The molecule has 0 spiro atoms. The van der Waals surface area contributed by atoms with Crippen LogP contribution >= 0.6 is 0 Å². The molecule has 0 saturated heterocycles. The predicted octanol–water partition coefficient (Wildman–Crippen LogP) is 4.28. The van der Waals surface area contributed by atoms with Crippen molar-refractivity contribution >= 4 is 38.0 Å². The van der Waals surface area contributed by atoms with Crippen LogP contribution in [0.5, 0.6) is 0 Å². The minimum atomic E-state index is 1.13. The lowest BCUT2D eigenvalue weighted by atomic mass is 10.0. The molecule has 102 valence electrons. The number of hydrogen-bond acceptors (Lipinski definition) is 1. The Morgan fingerprint density at radius 1 is 0.545 bits per heavy atom. The molecule has 0 aliphatic heterocycles. The van der Waals surface area contributed by atoms with Crippen molar-refractivity contribution in [3.63, 3.8) is 0 Å². The second-order valence-electron chi connectivity index (χ2n) is 5.58. The standard InChI is InChI=1S/C20H13N2/c1-3-7-16-14(5-1)9-11-17-18(16)13-21-22-19-8-4-2-6-15(19)10-12-20(17)22/h1-13H/q+1. The normalized spacial score (nSPS) is 11.6. The number of benzene rings is 3. The Kier molecular flexibility index (Phi) is 2.25. The number of pyridine rings is 1. The van der Waals surface area contributed by atoms with Crippen LogP contribution in [0, 0.1) is 0 Å². The molecule has 3 aromatic carbocycles. The first-order valence-corrected chi connectivity index (χ1v) is 7.42. The van der Waals surface area contributed by atoms with Crippen molar-refractivity contribution in [1.82, 2.24) is 5.10 Å². The van der Waals surface area contributed by atoms with Crippen LogP contribution < -0.4 is 4.52 Å². The molecule has 2 aromatic heterocycles. The Bertz CT molecular complexity index is 1080. The smallest absolute Gasteiger partial charge is 0.0616 e. The lowest BCUT2D eigenvalue weighted by Crippen LogP contribution is -2.27. The number of hydrogen-bond donors (Lipinski definition) is 0. The topological polar surface area (TPSA) is 17.0 Å². The van der Waals surface area contributed by atoms with Crippen molar-refractivity contribution < 1.29 is 4.52 Å². The molecule has 0 amide bonds. The summed E-state index contributed by atoms with van der Waals surface area (Å²) in [4.78, 5) is 0. The summed E-state index contributed by atoms with van der Waals surface area (Å²) in [6.07, 6.45) is 1.98.